The van der Waals surface area contributed by atoms with Gasteiger partial charge in [-0.15, -0.1) is 0 Å². The molecule has 25 heavy (non-hydrogen) atoms. The molecule has 1 aromatic rings. The molecule has 0 aromatic heterocycles. The molecule has 2 saturated heterocycles. The highest BCUT2D eigenvalue weighted by atomic mass is 16.5. The molecule has 1 aromatic carbocycles. The number of nitrogens with one attached hydrogen (secondary N) is 1. The van der Waals surface area contributed by atoms with Crippen molar-refractivity contribution in [2.45, 2.75) is 51.1 Å². The lowest BCUT2D eigenvalue weighted by Gasteiger charge is -2.41. The number of likely N-dealkylation sites (tertiary alicyclic amines) is 2. The topological polar surface area (TPSA) is 44.8 Å². The molecule has 2 heterocycles. The fraction of sp³-hybridized carbons (Fsp3) is 0.650. The van der Waals surface area contributed by atoms with Crippen molar-refractivity contribution in [3.63, 3.8) is 0 Å². The molecule has 1 N–H and O–H groups in total. The molecular formula is C20H31N3O2. The second-order valence-electron chi connectivity index (χ2n) is 7.26. The molecule has 2 aliphatic rings. The molecule has 1 amide bonds. The number of hydrogen-bond donors (Lipinski definition) is 1. The van der Waals surface area contributed by atoms with Crippen LogP contribution >= 0.6 is 0 Å². The summed E-state index contributed by atoms with van der Waals surface area (Å²) in [6.07, 6.45) is 6.44. The van der Waals surface area contributed by atoms with Gasteiger partial charge in [0.2, 0.25) is 5.91 Å². The number of anilines is 1. The SMILES string of the molecule is COc1ccc(NC(=O)[C@@H](C)N2CCC(N3CCCCC3)CC2)cc1. The normalized spacial score (nSPS) is 21.7. The van der Waals surface area contributed by atoms with Gasteiger partial charge in [-0.1, -0.05) is 6.42 Å². The van der Waals surface area contributed by atoms with Crippen LogP contribution in [0.2, 0.25) is 0 Å². The van der Waals surface area contributed by atoms with E-state index in [0.29, 0.717) is 6.04 Å². The van der Waals surface area contributed by atoms with E-state index in [1.807, 2.05) is 31.2 Å². The van der Waals surface area contributed by atoms with Crippen LogP contribution in [0.1, 0.15) is 39.0 Å². The molecule has 1 atom stereocenters. The van der Waals surface area contributed by atoms with E-state index in [4.69, 9.17) is 4.74 Å². The van der Waals surface area contributed by atoms with Gasteiger partial charge in [0.1, 0.15) is 5.75 Å². The number of nitrogens with zero attached hydrogens (tertiary/aromatic N) is 2. The number of amides is 1. The second-order valence-corrected chi connectivity index (χ2v) is 7.26. The van der Waals surface area contributed by atoms with Gasteiger partial charge in [0.25, 0.3) is 0 Å². The van der Waals surface area contributed by atoms with E-state index < -0.39 is 0 Å². The summed E-state index contributed by atoms with van der Waals surface area (Å²) in [4.78, 5) is 17.5. The monoisotopic (exact) mass is 345 g/mol. The van der Waals surface area contributed by atoms with E-state index >= 15 is 0 Å². The van der Waals surface area contributed by atoms with Crippen LogP contribution in [0.5, 0.6) is 5.75 Å². The quantitative estimate of drug-likeness (QED) is 0.891. The van der Waals surface area contributed by atoms with Crippen LogP contribution in [0.4, 0.5) is 5.69 Å². The zero-order chi connectivity index (χ0) is 17.6. The molecule has 2 fully saturated rings. The average Bonchev–Trinajstić information content (AvgIpc) is 2.69. The van der Waals surface area contributed by atoms with Gasteiger partial charge in [0.05, 0.1) is 13.2 Å². The van der Waals surface area contributed by atoms with Crippen molar-refractivity contribution < 1.29 is 9.53 Å². The van der Waals surface area contributed by atoms with Crippen LogP contribution < -0.4 is 10.1 Å². The van der Waals surface area contributed by atoms with Gasteiger partial charge < -0.3 is 15.0 Å². The maximum absolute atomic E-state index is 12.6. The lowest BCUT2D eigenvalue weighted by Crippen LogP contribution is -2.51. The van der Waals surface area contributed by atoms with Crippen molar-refractivity contribution in [3.05, 3.63) is 24.3 Å². The summed E-state index contributed by atoms with van der Waals surface area (Å²) in [6, 6.07) is 8.12. The molecule has 2 aliphatic heterocycles. The van der Waals surface area contributed by atoms with E-state index in [1.165, 1.54) is 45.2 Å². The standard InChI is InChI=1S/C20H31N3O2/c1-16(20(24)21-17-6-8-19(25-2)9-7-17)22-14-10-18(11-15-22)23-12-4-3-5-13-23/h6-9,16,18H,3-5,10-15H2,1-2H3,(H,21,24)/t16-/m1/s1. The van der Waals surface area contributed by atoms with E-state index in [-0.39, 0.29) is 11.9 Å². The molecule has 0 unspecified atom stereocenters. The van der Waals surface area contributed by atoms with E-state index in [0.717, 1.165) is 24.5 Å². The van der Waals surface area contributed by atoms with Crippen molar-refractivity contribution in [2.75, 3.05) is 38.6 Å². The Balaban J connectivity index is 1.47. The van der Waals surface area contributed by atoms with Crippen LogP contribution in [0.3, 0.4) is 0 Å². The van der Waals surface area contributed by atoms with Crippen LogP contribution in [0.25, 0.3) is 0 Å². The first kappa shape index (κ1) is 18.2. The maximum Gasteiger partial charge on any atom is 0.241 e. The summed E-state index contributed by atoms with van der Waals surface area (Å²) in [7, 11) is 1.64. The third kappa shape index (κ3) is 4.73. The lowest BCUT2D eigenvalue weighted by molar-refractivity contribution is -0.121. The third-order valence-electron chi connectivity index (χ3n) is 5.69. The predicted molar refractivity (Wildman–Crippen MR) is 101 cm³/mol. The first-order valence-electron chi connectivity index (χ1n) is 9.60. The van der Waals surface area contributed by atoms with Crippen molar-refractivity contribution in [1.29, 1.82) is 0 Å². The minimum Gasteiger partial charge on any atom is -0.497 e. The Morgan fingerprint density at radius 3 is 2.32 bits per heavy atom. The molecule has 0 spiro atoms. The van der Waals surface area contributed by atoms with E-state index in [1.54, 1.807) is 7.11 Å². The van der Waals surface area contributed by atoms with Gasteiger partial charge in [-0.3, -0.25) is 9.69 Å². The van der Waals surface area contributed by atoms with Crippen molar-refractivity contribution in [2.24, 2.45) is 0 Å². The van der Waals surface area contributed by atoms with Gasteiger partial charge in [0, 0.05) is 24.8 Å². The highest BCUT2D eigenvalue weighted by molar-refractivity contribution is 5.94. The second kappa shape index (κ2) is 8.68. The first-order valence-corrected chi connectivity index (χ1v) is 9.60. The maximum atomic E-state index is 12.6. The number of carbonyl (C=O) groups is 1. The van der Waals surface area contributed by atoms with Crippen LogP contribution in [0, 0.1) is 0 Å². The van der Waals surface area contributed by atoms with Crippen LogP contribution in [-0.2, 0) is 4.79 Å². The van der Waals surface area contributed by atoms with Crippen molar-refractivity contribution in [3.8, 4) is 5.75 Å². The smallest absolute Gasteiger partial charge is 0.241 e. The molecule has 138 valence electrons. The highest BCUT2D eigenvalue weighted by Gasteiger charge is 2.29. The Morgan fingerprint density at radius 2 is 1.72 bits per heavy atom. The summed E-state index contributed by atoms with van der Waals surface area (Å²) in [6.45, 7) is 6.56. The Hall–Kier alpha value is -1.59. The average molecular weight is 345 g/mol. The van der Waals surface area contributed by atoms with Crippen LogP contribution in [0.15, 0.2) is 24.3 Å². The molecule has 5 nitrogen and oxygen atoms in total. The number of ether oxygens (including phenoxy) is 1. The number of piperidine rings is 2. The Labute approximate surface area is 151 Å². The van der Waals surface area contributed by atoms with Gasteiger partial charge in [-0.25, -0.2) is 0 Å². The zero-order valence-corrected chi connectivity index (χ0v) is 15.5. The third-order valence-corrected chi connectivity index (χ3v) is 5.69. The molecule has 3 rings (SSSR count). The van der Waals surface area contributed by atoms with E-state index in [9.17, 15) is 4.79 Å². The molecular weight excluding hydrogens is 314 g/mol. The Kier molecular flexibility index (Phi) is 6.32. The summed E-state index contributed by atoms with van der Waals surface area (Å²) in [5.41, 5.74) is 0.820. The number of carbonyl (C=O) groups excluding carboxylic acids is 1. The lowest BCUT2D eigenvalue weighted by atomic mass is 9.99. The predicted octanol–water partition coefficient (Wildman–Crippen LogP) is 2.97. The zero-order valence-electron chi connectivity index (χ0n) is 15.5. The Bertz CT molecular complexity index is 547. The van der Waals surface area contributed by atoms with Crippen LogP contribution in [-0.4, -0.2) is 61.1 Å². The molecule has 0 radical (unpaired) electrons. The number of methoxy groups -OCH3 is 1. The fourth-order valence-corrected chi connectivity index (χ4v) is 4.01. The van der Waals surface area contributed by atoms with Gasteiger partial charge in [-0.2, -0.15) is 0 Å². The molecule has 0 aliphatic carbocycles. The first-order chi connectivity index (χ1) is 12.2. The van der Waals surface area contributed by atoms with Gasteiger partial charge >= 0.3 is 0 Å². The van der Waals surface area contributed by atoms with Crippen molar-refractivity contribution >= 4 is 11.6 Å². The van der Waals surface area contributed by atoms with E-state index in [2.05, 4.69) is 15.1 Å². The Morgan fingerprint density at radius 1 is 1.08 bits per heavy atom. The largest absolute Gasteiger partial charge is 0.497 e. The summed E-state index contributed by atoms with van der Waals surface area (Å²) in [5.74, 6) is 0.868. The summed E-state index contributed by atoms with van der Waals surface area (Å²) >= 11 is 0. The fourth-order valence-electron chi connectivity index (χ4n) is 4.01. The number of hydrogen-bond acceptors (Lipinski definition) is 4. The highest BCUT2D eigenvalue weighted by Crippen LogP contribution is 2.22. The van der Waals surface area contributed by atoms with Gasteiger partial charge in [-0.05, 0) is 70.0 Å². The minimum atomic E-state index is -0.0931. The molecule has 0 bridgehead atoms. The molecule has 5 heteroatoms. The minimum absolute atomic E-state index is 0.0709. The van der Waals surface area contributed by atoms with Gasteiger partial charge in [0.15, 0.2) is 0 Å². The molecule has 0 saturated carbocycles. The number of benzene rings is 1. The summed E-state index contributed by atoms with van der Waals surface area (Å²) < 4.78 is 5.15. The number of rotatable bonds is 5. The summed E-state index contributed by atoms with van der Waals surface area (Å²) in [5, 5.41) is 3.02. The van der Waals surface area contributed by atoms with Crippen molar-refractivity contribution in [1.82, 2.24) is 9.80 Å².